The number of hydrogen-bond donors (Lipinski definition) is 3. The maximum absolute atomic E-state index is 17.1. The molecule has 31 heavy (non-hydrogen) atoms. The van der Waals surface area contributed by atoms with Crippen molar-refractivity contribution < 1.29 is 34.0 Å². The number of ketones is 2. The number of carbonyl (C=O) groups excluding carboxylic acids is 2. The molecule has 172 valence electrons. The van der Waals surface area contributed by atoms with Crippen molar-refractivity contribution in [3.63, 3.8) is 0 Å². The lowest BCUT2D eigenvalue weighted by atomic mass is 9.44. The van der Waals surface area contributed by atoms with E-state index in [9.17, 15) is 24.9 Å². The molecular formula is C23H30ClFO6. The predicted octanol–water partition coefficient (Wildman–Crippen LogP) is 1.88. The second-order valence-electron chi connectivity index (χ2n) is 9.91. The average Bonchev–Trinajstić information content (AvgIpc) is 2.95. The summed E-state index contributed by atoms with van der Waals surface area (Å²) in [5.74, 6) is -2.35. The van der Waals surface area contributed by atoms with Crippen LogP contribution in [0.4, 0.5) is 4.39 Å². The first-order valence-corrected chi connectivity index (χ1v) is 11.4. The van der Waals surface area contributed by atoms with Gasteiger partial charge in [0.25, 0.3) is 0 Å². The molecule has 0 saturated heterocycles. The zero-order valence-corrected chi connectivity index (χ0v) is 18.6. The van der Waals surface area contributed by atoms with E-state index in [0.717, 1.165) is 0 Å². The normalized spacial score (nSPS) is 48.6. The van der Waals surface area contributed by atoms with E-state index in [1.54, 1.807) is 19.9 Å². The number of Topliss-reactive ketones (excluding diaryl/α,β-unsaturated/α-hetero) is 1. The molecule has 3 fully saturated rings. The third-order valence-corrected chi connectivity index (χ3v) is 9.04. The number of hydrogen-bond acceptors (Lipinski definition) is 6. The van der Waals surface area contributed by atoms with E-state index in [1.807, 2.05) is 0 Å². The highest BCUT2D eigenvalue weighted by atomic mass is 35.5. The van der Waals surface area contributed by atoms with E-state index in [-0.39, 0.29) is 31.8 Å². The molecule has 3 N–H and O–H groups in total. The van der Waals surface area contributed by atoms with Crippen molar-refractivity contribution >= 4 is 23.2 Å². The Morgan fingerprint density at radius 3 is 2.71 bits per heavy atom. The third-order valence-electron chi connectivity index (χ3n) is 8.79. The molecule has 0 aromatic heterocycles. The molecule has 0 spiro atoms. The Balaban J connectivity index is 1.81. The summed E-state index contributed by atoms with van der Waals surface area (Å²) in [5.41, 5.74) is -5.69. The molecule has 0 radical (unpaired) electrons. The van der Waals surface area contributed by atoms with Crippen LogP contribution in [0.3, 0.4) is 0 Å². The monoisotopic (exact) mass is 456 g/mol. The topological polar surface area (TPSA) is 104 Å². The Kier molecular flexibility index (Phi) is 5.54. The lowest BCUT2D eigenvalue weighted by Crippen LogP contribution is -2.69. The maximum Gasteiger partial charge on any atom is 0.182 e. The number of ether oxygens (including phenoxy) is 1. The van der Waals surface area contributed by atoms with Gasteiger partial charge in [0, 0.05) is 16.7 Å². The minimum atomic E-state index is -2.06. The van der Waals surface area contributed by atoms with Crippen LogP contribution in [0, 0.1) is 22.7 Å². The smallest absolute Gasteiger partial charge is 0.182 e. The van der Waals surface area contributed by atoms with Crippen LogP contribution in [0.25, 0.3) is 0 Å². The van der Waals surface area contributed by atoms with Gasteiger partial charge in [-0.25, -0.2) is 4.39 Å². The molecule has 4 aliphatic carbocycles. The Hall–Kier alpha value is -1.12. The molecule has 0 heterocycles. The molecule has 4 aliphatic rings. The van der Waals surface area contributed by atoms with E-state index in [4.69, 9.17) is 16.3 Å². The zero-order valence-electron chi connectivity index (χ0n) is 17.8. The van der Waals surface area contributed by atoms with Crippen molar-refractivity contribution in [3.05, 3.63) is 23.8 Å². The molecule has 0 bridgehead atoms. The van der Waals surface area contributed by atoms with Gasteiger partial charge in [-0.15, -0.1) is 11.6 Å². The van der Waals surface area contributed by atoms with Gasteiger partial charge >= 0.3 is 0 Å². The van der Waals surface area contributed by atoms with E-state index < -0.39 is 57.8 Å². The van der Waals surface area contributed by atoms with E-state index in [1.165, 1.54) is 12.2 Å². The first kappa shape index (κ1) is 23.1. The summed E-state index contributed by atoms with van der Waals surface area (Å²) in [6, 6.07) is 0. The van der Waals surface area contributed by atoms with Crippen molar-refractivity contribution in [2.45, 2.75) is 63.0 Å². The molecule has 2 unspecified atom stereocenters. The average molecular weight is 457 g/mol. The third kappa shape index (κ3) is 2.76. The number of allylic oxidation sites excluding steroid dienone is 4. The zero-order chi connectivity index (χ0) is 22.8. The summed E-state index contributed by atoms with van der Waals surface area (Å²) in [5, 5.41) is 32.1. The van der Waals surface area contributed by atoms with E-state index in [2.05, 4.69) is 0 Å². The van der Waals surface area contributed by atoms with Crippen LogP contribution in [-0.2, 0) is 14.3 Å². The van der Waals surface area contributed by atoms with Gasteiger partial charge in [-0.3, -0.25) is 9.59 Å². The van der Waals surface area contributed by atoms with Crippen molar-refractivity contribution in [2.75, 3.05) is 19.1 Å². The number of rotatable bonds is 5. The molecule has 8 atom stereocenters. The van der Waals surface area contributed by atoms with Crippen LogP contribution in [0.2, 0.25) is 0 Å². The van der Waals surface area contributed by atoms with Gasteiger partial charge in [0.15, 0.2) is 22.8 Å². The second-order valence-corrected chi connectivity index (χ2v) is 10.2. The highest BCUT2D eigenvalue weighted by molar-refractivity contribution is 6.29. The number of carbonyl (C=O) groups is 2. The number of aliphatic hydroxyl groups excluding tert-OH is 2. The summed E-state index contributed by atoms with van der Waals surface area (Å²) >= 11 is 5.84. The Labute approximate surface area is 186 Å². The summed E-state index contributed by atoms with van der Waals surface area (Å²) < 4.78 is 22.7. The van der Waals surface area contributed by atoms with E-state index in [0.29, 0.717) is 18.4 Å². The number of halogens is 2. The van der Waals surface area contributed by atoms with Crippen molar-refractivity contribution in [2.24, 2.45) is 22.7 Å². The lowest BCUT2D eigenvalue weighted by molar-refractivity contribution is -0.222. The summed E-state index contributed by atoms with van der Waals surface area (Å²) in [4.78, 5) is 24.8. The molecule has 0 aliphatic heterocycles. The fraction of sp³-hybridized carbons (Fsp3) is 0.739. The molecule has 4 rings (SSSR count). The summed E-state index contributed by atoms with van der Waals surface area (Å²) in [6.45, 7) is 3.06. The molecular weight excluding hydrogens is 427 g/mol. The SMILES string of the molecule is C[C@]12C=CC(=O)C=C1CC[C@H]1[C@@H]3CC(OCCO)[C@](O)(C(=O)CCl)[C@@]3(C)CC(O)[C@@]12F. The van der Waals surface area contributed by atoms with Gasteiger partial charge < -0.3 is 20.1 Å². The highest BCUT2D eigenvalue weighted by Crippen LogP contribution is 2.70. The first-order valence-electron chi connectivity index (χ1n) is 10.9. The number of alkyl halides is 2. The van der Waals surface area contributed by atoms with Crippen LogP contribution in [-0.4, -0.2) is 69.5 Å². The van der Waals surface area contributed by atoms with Crippen LogP contribution < -0.4 is 0 Å². The Morgan fingerprint density at radius 2 is 2.06 bits per heavy atom. The maximum atomic E-state index is 17.1. The van der Waals surface area contributed by atoms with Crippen molar-refractivity contribution in [3.8, 4) is 0 Å². The predicted molar refractivity (Wildman–Crippen MR) is 111 cm³/mol. The number of aliphatic hydroxyl groups is 3. The van der Waals surface area contributed by atoms with Gasteiger partial charge in [0.1, 0.15) is 0 Å². The molecule has 8 heteroatoms. The van der Waals surface area contributed by atoms with Crippen molar-refractivity contribution in [1.29, 1.82) is 0 Å². The number of fused-ring (bicyclic) bond motifs is 5. The highest BCUT2D eigenvalue weighted by Gasteiger charge is 2.76. The fourth-order valence-electron chi connectivity index (χ4n) is 7.19. The summed E-state index contributed by atoms with van der Waals surface area (Å²) in [7, 11) is 0. The molecule has 6 nitrogen and oxygen atoms in total. The van der Waals surface area contributed by atoms with Gasteiger partial charge in [-0.05, 0) is 50.7 Å². The van der Waals surface area contributed by atoms with Crippen molar-refractivity contribution in [1.82, 2.24) is 0 Å². The quantitative estimate of drug-likeness (QED) is 0.546. The minimum Gasteiger partial charge on any atom is -0.394 e. The van der Waals surface area contributed by atoms with Gasteiger partial charge in [0.05, 0.1) is 31.3 Å². The summed E-state index contributed by atoms with van der Waals surface area (Å²) in [6.07, 6.45) is 2.91. The molecule has 0 aromatic carbocycles. The van der Waals surface area contributed by atoms with Gasteiger partial charge in [-0.1, -0.05) is 18.6 Å². The van der Waals surface area contributed by atoms with Crippen LogP contribution in [0.1, 0.15) is 39.5 Å². The fourth-order valence-corrected chi connectivity index (χ4v) is 7.39. The standard InChI is InChI=1S/C23H30ClFO6/c1-20-6-5-14(27)9-13(20)3-4-15-16-10-19(31-8-7-26)23(30,18(29)12-24)21(16,2)11-17(28)22(15,20)25/h5-6,9,15-17,19,26,28,30H,3-4,7-8,10-12H2,1-2H3/t15-,16-,17?,19?,20-,21-,22-,23+/m0/s1. The lowest BCUT2D eigenvalue weighted by Gasteiger charge is -2.62. The van der Waals surface area contributed by atoms with Gasteiger partial charge in [-0.2, -0.15) is 0 Å². The molecule has 3 saturated carbocycles. The second kappa shape index (κ2) is 7.45. The van der Waals surface area contributed by atoms with Crippen LogP contribution >= 0.6 is 11.6 Å². The van der Waals surface area contributed by atoms with E-state index >= 15 is 4.39 Å². The largest absolute Gasteiger partial charge is 0.394 e. The van der Waals surface area contributed by atoms with Crippen LogP contribution in [0.5, 0.6) is 0 Å². The molecule has 0 amide bonds. The van der Waals surface area contributed by atoms with Crippen LogP contribution in [0.15, 0.2) is 23.8 Å². The van der Waals surface area contributed by atoms with Gasteiger partial charge in [0.2, 0.25) is 0 Å². The molecule has 0 aromatic rings. The Morgan fingerprint density at radius 1 is 1.35 bits per heavy atom. The minimum absolute atomic E-state index is 0.0746. The Bertz CT molecular complexity index is 859. The first-order chi connectivity index (χ1) is 14.5.